The molecule has 2 atom stereocenters. The highest BCUT2D eigenvalue weighted by molar-refractivity contribution is 5.92. The molecule has 1 aromatic carbocycles. The number of pyridine rings is 1. The number of rotatable bonds is 2. The molecule has 1 N–H and O–H groups in total. The molecule has 0 saturated heterocycles. The number of hydrogen-bond donors (Lipinski definition) is 1. The van der Waals surface area contributed by atoms with Crippen molar-refractivity contribution in [2.75, 3.05) is 0 Å². The summed E-state index contributed by atoms with van der Waals surface area (Å²) in [6, 6.07) is 9.22. The summed E-state index contributed by atoms with van der Waals surface area (Å²) >= 11 is 0. The fourth-order valence-electron chi connectivity index (χ4n) is 4.02. The summed E-state index contributed by atoms with van der Waals surface area (Å²) in [6.45, 7) is 5.73. The second kappa shape index (κ2) is 5.57. The maximum atomic E-state index is 12.8. The number of aryl methyl sites for hydroxylation is 2. The van der Waals surface area contributed by atoms with Gasteiger partial charge in [0, 0.05) is 11.8 Å². The van der Waals surface area contributed by atoms with Crippen molar-refractivity contribution in [2.45, 2.75) is 32.9 Å². The third-order valence-electron chi connectivity index (χ3n) is 5.15. The van der Waals surface area contributed by atoms with Crippen LogP contribution in [0.2, 0.25) is 0 Å². The van der Waals surface area contributed by atoms with Gasteiger partial charge in [-0.3, -0.25) is 9.55 Å². The molecule has 5 rings (SSSR count). The summed E-state index contributed by atoms with van der Waals surface area (Å²) in [5, 5.41) is 4.06. The Labute approximate surface area is 154 Å². The number of nitrogens with zero attached hydrogens (tertiary/aromatic N) is 3. The monoisotopic (exact) mass is 362 g/mol. The topological polar surface area (TPSA) is 85.9 Å². The molecule has 0 radical (unpaired) electrons. The molecule has 0 amide bonds. The molecule has 0 spiro atoms. The molecular weight excluding hydrogens is 344 g/mol. The first-order valence-corrected chi connectivity index (χ1v) is 8.84. The lowest BCUT2D eigenvalue weighted by Gasteiger charge is -2.31. The van der Waals surface area contributed by atoms with Crippen LogP contribution in [-0.2, 0) is 0 Å². The van der Waals surface area contributed by atoms with Crippen LogP contribution < -0.4 is 10.4 Å². The van der Waals surface area contributed by atoms with Gasteiger partial charge in [0.15, 0.2) is 5.75 Å². The third-order valence-corrected chi connectivity index (χ3v) is 5.15. The van der Waals surface area contributed by atoms with Crippen molar-refractivity contribution in [3.63, 3.8) is 0 Å². The molecule has 1 aliphatic heterocycles. The highest BCUT2D eigenvalue weighted by Crippen LogP contribution is 2.44. The summed E-state index contributed by atoms with van der Waals surface area (Å²) < 4.78 is 13.5. The molecule has 7 heteroatoms. The minimum atomic E-state index is -0.306. The maximum absolute atomic E-state index is 12.8. The van der Waals surface area contributed by atoms with Crippen molar-refractivity contribution >= 4 is 11.0 Å². The van der Waals surface area contributed by atoms with Crippen LogP contribution in [0.3, 0.4) is 0 Å². The van der Waals surface area contributed by atoms with Gasteiger partial charge in [-0.05, 0) is 45.0 Å². The van der Waals surface area contributed by atoms with E-state index in [0.717, 1.165) is 39.3 Å². The van der Waals surface area contributed by atoms with E-state index in [9.17, 15) is 4.79 Å². The van der Waals surface area contributed by atoms with Crippen molar-refractivity contribution in [1.29, 1.82) is 0 Å². The number of hydrogen-bond acceptors (Lipinski definition) is 5. The molecule has 136 valence electrons. The maximum Gasteiger partial charge on any atom is 0.327 e. The summed E-state index contributed by atoms with van der Waals surface area (Å²) in [5.74, 6) is 1.38. The van der Waals surface area contributed by atoms with Crippen LogP contribution >= 0.6 is 0 Å². The fraction of sp³-hybridized carbons (Fsp3) is 0.250. The molecule has 4 aromatic rings. The molecule has 4 heterocycles. The van der Waals surface area contributed by atoms with Crippen LogP contribution in [0.1, 0.15) is 30.1 Å². The number of nitrogens with one attached hydrogen (secondary N) is 1. The summed E-state index contributed by atoms with van der Waals surface area (Å²) in [5.41, 5.74) is 4.66. The van der Waals surface area contributed by atoms with Crippen LogP contribution in [0.4, 0.5) is 0 Å². The lowest BCUT2D eigenvalue weighted by atomic mass is 9.99. The van der Waals surface area contributed by atoms with Crippen molar-refractivity contribution in [2.24, 2.45) is 0 Å². The predicted octanol–water partition coefficient (Wildman–Crippen LogP) is 3.37. The lowest BCUT2D eigenvalue weighted by molar-refractivity contribution is 0.160. The average Bonchev–Trinajstić information content (AvgIpc) is 3.17. The zero-order valence-corrected chi connectivity index (χ0v) is 15.2. The Morgan fingerprint density at radius 1 is 1.19 bits per heavy atom. The van der Waals surface area contributed by atoms with E-state index in [1.807, 2.05) is 51.1 Å². The fourth-order valence-corrected chi connectivity index (χ4v) is 4.02. The minimum Gasteiger partial charge on any atom is -0.485 e. The quantitative estimate of drug-likeness (QED) is 0.591. The highest BCUT2D eigenvalue weighted by Gasteiger charge is 2.35. The third kappa shape index (κ3) is 2.17. The SMILES string of the molecule is Cc1noc(C)c1-c1ccc2[nH]c(=O)n3c2c1OC(C)C3c1ccccn1. The van der Waals surface area contributed by atoms with Gasteiger partial charge in [-0.1, -0.05) is 11.2 Å². The molecule has 7 nitrogen and oxygen atoms in total. The highest BCUT2D eigenvalue weighted by atomic mass is 16.5. The van der Waals surface area contributed by atoms with Crippen LogP contribution in [-0.4, -0.2) is 25.8 Å². The van der Waals surface area contributed by atoms with E-state index < -0.39 is 0 Å². The first-order chi connectivity index (χ1) is 13.1. The standard InChI is InChI=1S/C20H18N4O3/c1-10-16(11(2)27-23-10)13-7-8-15-18-19(13)26-12(3)17(24(18)20(25)22-15)14-6-4-5-9-21-14/h4-9,12,17H,1-3H3,(H,22,25). The van der Waals surface area contributed by atoms with Crippen molar-refractivity contribution in [3.05, 3.63) is 64.2 Å². The van der Waals surface area contributed by atoms with Gasteiger partial charge in [0.25, 0.3) is 0 Å². The van der Waals surface area contributed by atoms with Gasteiger partial charge in [0.1, 0.15) is 23.4 Å². The van der Waals surface area contributed by atoms with Gasteiger partial charge in [0.05, 0.1) is 22.5 Å². The van der Waals surface area contributed by atoms with E-state index >= 15 is 0 Å². The van der Waals surface area contributed by atoms with E-state index in [2.05, 4.69) is 15.1 Å². The minimum absolute atomic E-state index is 0.173. The van der Waals surface area contributed by atoms with E-state index in [1.54, 1.807) is 10.8 Å². The number of aromatic nitrogens is 4. The average molecular weight is 362 g/mol. The number of H-pyrrole nitrogens is 1. The largest absolute Gasteiger partial charge is 0.485 e. The second-order valence-electron chi connectivity index (χ2n) is 6.86. The Morgan fingerprint density at radius 2 is 2.04 bits per heavy atom. The summed E-state index contributed by atoms with van der Waals surface area (Å²) in [4.78, 5) is 20.2. The molecule has 0 bridgehead atoms. The van der Waals surface area contributed by atoms with Gasteiger partial charge in [-0.15, -0.1) is 0 Å². The first kappa shape index (κ1) is 15.9. The molecule has 3 aromatic heterocycles. The van der Waals surface area contributed by atoms with Gasteiger partial charge in [-0.25, -0.2) is 4.79 Å². The van der Waals surface area contributed by atoms with Crippen LogP contribution in [0, 0.1) is 13.8 Å². The van der Waals surface area contributed by atoms with Crippen LogP contribution in [0.15, 0.2) is 45.8 Å². The van der Waals surface area contributed by atoms with Gasteiger partial charge < -0.3 is 14.2 Å². The second-order valence-corrected chi connectivity index (χ2v) is 6.86. The van der Waals surface area contributed by atoms with E-state index in [1.165, 1.54) is 0 Å². The van der Waals surface area contributed by atoms with Crippen molar-refractivity contribution in [1.82, 2.24) is 19.7 Å². The van der Waals surface area contributed by atoms with Gasteiger partial charge in [0.2, 0.25) is 0 Å². The van der Waals surface area contributed by atoms with Crippen LogP contribution in [0.25, 0.3) is 22.2 Å². The van der Waals surface area contributed by atoms with Crippen LogP contribution in [0.5, 0.6) is 5.75 Å². The molecule has 0 aliphatic carbocycles. The first-order valence-electron chi connectivity index (χ1n) is 8.84. The van der Waals surface area contributed by atoms with E-state index in [0.29, 0.717) is 5.75 Å². The van der Waals surface area contributed by atoms with Crippen molar-refractivity contribution < 1.29 is 9.26 Å². The smallest absolute Gasteiger partial charge is 0.327 e. The lowest BCUT2D eigenvalue weighted by Crippen LogP contribution is -2.37. The number of ether oxygens (including phenoxy) is 1. The molecule has 2 unspecified atom stereocenters. The van der Waals surface area contributed by atoms with Crippen molar-refractivity contribution in [3.8, 4) is 16.9 Å². The Kier molecular flexibility index (Phi) is 3.28. The Bertz CT molecular complexity index is 1200. The zero-order valence-electron chi connectivity index (χ0n) is 15.2. The molecule has 0 saturated carbocycles. The Balaban J connectivity index is 1.84. The van der Waals surface area contributed by atoms with Gasteiger partial charge >= 0.3 is 5.69 Å². The molecule has 0 fully saturated rings. The molecule has 1 aliphatic rings. The zero-order chi connectivity index (χ0) is 18.7. The number of aromatic amines is 1. The van der Waals surface area contributed by atoms with E-state index in [4.69, 9.17) is 9.26 Å². The Hall–Kier alpha value is -3.35. The normalized spacial score (nSPS) is 18.6. The van der Waals surface area contributed by atoms with E-state index in [-0.39, 0.29) is 17.8 Å². The molecule has 27 heavy (non-hydrogen) atoms. The van der Waals surface area contributed by atoms with Gasteiger partial charge in [-0.2, -0.15) is 0 Å². The summed E-state index contributed by atoms with van der Waals surface area (Å²) in [6.07, 6.45) is 1.46. The summed E-state index contributed by atoms with van der Waals surface area (Å²) in [7, 11) is 0. The number of benzene rings is 1. The predicted molar refractivity (Wildman–Crippen MR) is 100.0 cm³/mol. The Morgan fingerprint density at radius 3 is 2.74 bits per heavy atom. The molecular formula is C20H18N4O3. The number of imidazole rings is 1.